The van der Waals surface area contributed by atoms with Gasteiger partial charge in [0.05, 0.1) is 5.56 Å². The van der Waals surface area contributed by atoms with Gasteiger partial charge in [-0.15, -0.1) is 0 Å². The van der Waals surface area contributed by atoms with Crippen molar-refractivity contribution in [3.8, 4) is 11.6 Å². The third kappa shape index (κ3) is 5.97. The highest BCUT2D eigenvalue weighted by Gasteiger charge is 2.30. The minimum atomic E-state index is -4.35. The topological polar surface area (TPSA) is 35.0 Å². The van der Waals surface area contributed by atoms with Crippen molar-refractivity contribution in [3.05, 3.63) is 76.5 Å². The lowest BCUT2D eigenvalue weighted by Crippen LogP contribution is -2.05. The SMILES string of the molecule is CCc1cc(Oc2cc(C)cc(C)c2)nc(SCc2cccc(C(F)(F)F)c2)n1. The Hall–Kier alpha value is -2.54. The van der Waals surface area contributed by atoms with Gasteiger partial charge in [-0.05, 0) is 55.2 Å². The van der Waals surface area contributed by atoms with Gasteiger partial charge in [0.15, 0.2) is 5.16 Å². The predicted molar refractivity (Wildman–Crippen MR) is 108 cm³/mol. The molecule has 0 aliphatic carbocycles. The van der Waals surface area contributed by atoms with Crippen LogP contribution >= 0.6 is 11.8 Å². The van der Waals surface area contributed by atoms with E-state index >= 15 is 0 Å². The lowest BCUT2D eigenvalue weighted by Gasteiger charge is -2.10. The summed E-state index contributed by atoms with van der Waals surface area (Å²) in [5.41, 5.74) is 2.89. The van der Waals surface area contributed by atoms with Crippen molar-refractivity contribution in [1.82, 2.24) is 9.97 Å². The number of aromatic nitrogens is 2. The molecule has 0 saturated heterocycles. The zero-order valence-electron chi connectivity index (χ0n) is 16.4. The smallest absolute Gasteiger partial charge is 0.416 e. The third-order valence-electron chi connectivity index (χ3n) is 4.14. The summed E-state index contributed by atoms with van der Waals surface area (Å²) >= 11 is 1.28. The lowest BCUT2D eigenvalue weighted by atomic mass is 10.1. The van der Waals surface area contributed by atoms with Gasteiger partial charge in [-0.2, -0.15) is 18.2 Å². The molecular formula is C22H21F3N2OS. The van der Waals surface area contributed by atoms with Gasteiger partial charge in [-0.25, -0.2) is 4.98 Å². The van der Waals surface area contributed by atoms with Crippen LogP contribution in [0.2, 0.25) is 0 Å². The Bertz CT molecular complexity index is 985. The molecule has 2 aromatic carbocycles. The van der Waals surface area contributed by atoms with Crippen LogP contribution < -0.4 is 4.74 Å². The number of hydrogen-bond donors (Lipinski definition) is 0. The molecule has 0 amide bonds. The molecule has 0 saturated carbocycles. The van der Waals surface area contributed by atoms with Crippen molar-refractivity contribution < 1.29 is 17.9 Å². The number of rotatable bonds is 6. The van der Waals surface area contributed by atoms with Gasteiger partial charge in [-0.3, -0.25) is 0 Å². The molecule has 152 valence electrons. The van der Waals surface area contributed by atoms with Gasteiger partial charge >= 0.3 is 6.18 Å². The average molecular weight is 418 g/mol. The van der Waals surface area contributed by atoms with Crippen LogP contribution in [0.1, 0.15) is 34.9 Å². The Morgan fingerprint density at radius 1 is 0.966 bits per heavy atom. The highest BCUT2D eigenvalue weighted by atomic mass is 32.2. The second-order valence-corrected chi connectivity index (χ2v) is 7.69. The molecule has 3 rings (SSSR count). The van der Waals surface area contributed by atoms with E-state index in [9.17, 15) is 13.2 Å². The van der Waals surface area contributed by atoms with Gasteiger partial charge in [-0.1, -0.05) is 43.0 Å². The first-order chi connectivity index (χ1) is 13.7. The van der Waals surface area contributed by atoms with E-state index in [1.165, 1.54) is 17.8 Å². The van der Waals surface area contributed by atoms with Crippen LogP contribution in [0.15, 0.2) is 53.7 Å². The molecule has 3 aromatic rings. The van der Waals surface area contributed by atoms with E-state index < -0.39 is 11.7 Å². The van der Waals surface area contributed by atoms with Gasteiger partial charge in [0.2, 0.25) is 5.88 Å². The Balaban J connectivity index is 1.78. The fourth-order valence-corrected chi connectivity index (χ4v) is 3.66. The molecule has 0 spiro atoms. The summed E-state index contributed by atoms with van der Waals surface area (Å²) in [4.78, 5) is 8.89. The lowest BCUT2D eigenvalue weighted by molar-refractivity contribution is -0.137. The summed E-state index contributed by atoms with van der Waals surface area (Å²) < 4.78 is 44.6. The third-order valence-corrected chi connectivity index (χ3v) is 5.06. The largest absolute Gasteiger partial charge is 0.439 e. The molecular weight excluding hydrogens is 397 g/mol. The number of thioether (sulfide) groups is 1. The van der Waals surface area contributed by atoms with E-state index in [4.69, 9.17) is 4.74 Å². The maximum atomic E-state index is 12.9. The summed E-state index contributed by atoms with van der Waals surface area (Å²) in [5.74, 6) is 1.45. The number of ether oxygens (including phenoxy) is 1. The number of benzene rings is 2. The first-order valence-electron chi connectivity index (χ1n) is 9.16. The second kappa shape index (κ2) is 8.86. The molecule has 1 heterocycles. The molecule has 1 aromatic heterocycles. The van der Waals surface area contributed by atoms with E-state index in [1.807, 2.05) is 32.9 Å². The first kappa shape index (κ1) is 21.2. The summed E-state index contributed by atoms with van der Waals surface area (Å²) in [6, 6.07) is 13.0. The van der Waals surface area contributed by atoms with Crippen LogP contribution in [-0.2, 0) is 18.3 Å². The second-order valence-electron chi connectivity index (χ2n) is 6.75. The molecule has 0 fully saturated rings. The van der Waals surface area contributed by atoms with Gasteiger partial charge < -0.3 is 4.74 Å². The van der Waals surface area contributed by atoms with E-state index in [0.29, 0.717) is 34.5 Å². The molecule has 0 atom stereocenters. The van der Waals surface area contributed by atoms with Crippen molar-refractivity contribution in [2.45, 2.75) is 44.3 Å². The van der Waals surface area contributed by atoms with E-state index in [0.717, 1.165) is 29.0 Å². The van der Waals surface area contributed by atoms with Crippen LogP contribution in [0.3, 0.4) is 0 Å². The highest BCUT2D eigenvalue weighted by Crippen LogP contribution is 2.31. The normalized spacial score (nSPS) is 11.5. The fourth-order valence-electron chi connectivity index (χ4n) is 2.85. The van der Waals surface area contributed by atoms with Crippen molar-refractivity contribution in [3.63, 3.8) is 0 Å². The van der Waals surface area contributed by atoms with Crippen LogP contribution in [0, 0.1) is 13.8 Å². The number of aryl methyl sites for hydroxylation is 3. The maximum absolute atomic E-state index is 12.9. The Morgan fingerprint density at radius 3 is 2.34 bits per heavy atom. The van der Waals surface area contributed by atoms with E-state index in [2.05, 4.69) is 16.0 Å². The van der Waals surface area contributed by atoms with E-state index in [1.54, 1.807) is 12.1 Å². The molecule has 0 aliphatic heterocycles. The molecule has 29 heavy (non-hydrogen) atoms. The summed E-state index contributed by atoms with van der Waals surface area (Å²) in [6.07, 6.45) is -3.66. The van der Waals surface area contributed by atoms with Crippen LogP contribution in [-0.4, -0.2) is 9.97 Å². The standard InChI is InChI=1S/C22H21F3N2OS/c1-4-18-12-20(28-19-9-14(2)8-15(3)10-19)27-21(26-18)29-13-16-6-5-7-17(11-16)22(23,24)25/h5-12H,4,13H2,1-3H3. The molecule has 0 bridgehead atoms. The minimum Gasteiger partial charge on any atom is -0.439 e. The number of hydrogen-bond acceptors (Lipinski definition) is 4. The molecule has 0 aliphatic rings. The highest BCUT2D eigenvalue weighted by molar-refractivity contribution is 7.98. The maximum Gasteiger partial charge on any atom is 0.416 e. The van der Waals surface area contributed by atoms with Crippen molar-refractivity contribution in [2.24, 2.45) is 0 Å². The van der Waals surface area contributed by atoms with E-state index in [-0.39, 0.29) is 0 Å². The Labute approximate surface area is 172 Å². The molecule has 0 radical (unpaired) electrons. The Kier molecular flexibility index (Phi) is 6.47. The van der Waals surface area contributed by atoms with Crippen LogP contribution in [0.5, 0.6) is 11.6 Å². The Morgan fingerprint density at radius 2 is 1.69 bits per heavy atom. The summed E-state index contributed by atoms with van der Waals surface area (Å²) in [7, 11) is 0. The average Bonchev–Trinajstić information content (AvgIpc) is 2.65. The monoisotopic (exact) mass is 418 g/mol. The van der Waals surface area contributed by atoms with Crippen molar-refractivity contribution >= 4 is 11.8 Å². The molecule has 7 heteroatoms. The summed E-state index contributed by atoms with van der Waals surface area (Å²) in [6.45, 7) is 5.96. The quantitative estimate of drug-likeness (QED) is 0.327. The van der Waals surface area contributed by atoms with Gasteiger partial charge in [0.25, 0.3) is 0 Å². The molecule has 0 unspecified atom stereocenters. The number of alkyl halides is 3. The molecule has 0 N–H and O–H groups in total. The van der Waals surface area contributed by atoms with Crippen LogP contribution in [0.25, 0.3) is 0 Å². The number of halogens is 3. The zero-order chi connectivity index (χ0) is 21.0. The number of nitrogens with zero attached hydrogens (tertiary/aromatic N) is 2. The van der Waals surface area contributed by atoms with Crippen molar-refractivity contribution in [1.29, 1.82) is 0 Å². The first-order valence-corrected chi connectivity index (χ1v) is 10.1. The van der Waals surface area contributed by atoms with Crippen LogP contribution in [0.4, 0.5) is 13.2 Å². The predicted octanol–water partition coefficient (Wildman–Crippen LogP) is 6.76. The van der Waals surface area contributed by atoms with Gasteiger partial charge in [0.1, 0.15) is 5.75 Å². The van der Waals surface area contributed by atoms with Gasteiger partial charge in [0, 0.05) is 17.5 Å². The minimum absolute atomic E-state index is 0.333. The fraction of sp³-hybridized carbons (Fsp3) is 0.273. The zero-order valence-corrected chi connectivity index (χ0v) is 17.2. The summed E-state index contributed by atoms with van der Waals surface area (Å²) in [5, 5.41) is 0.473. The van der Waals surface area contributed by atoms with Crippen molar-refractivity contribution in [2.75, 3.05) is 0 Å². The molecule has 3 nitrogen and oxygen atoms in total.